The van der Waals surface area contributed by atoms with Crippen LogP contribution in [0.1, 0.15) is 48.8 Å². The van der Waals surface area contributed by atoms with Gasteiger partial charge in [-0.05, 0) is 86.7 Å². The van der Waals surface area contributed by atoms with E-state index in [1.165, 1.54) is 58.2 Å². The lowest BCUT2D eigenvalue weighted by atomic mass is 9.67. The Morgan fingerprint density at radius 2 is 0.911 bits per heavy atom. The number of nitrogens with zero attached hydrogens (tertiary/aromatic N) is 4. The van der Waals surface area contributed by atoms with Crippen LogP contribution in [0.2, 0.25) is 0 Å². The summed E-state index contributed by atoms with van der Waals surface area (Å²) in [6.45, 7) is 0. The molecular weight excluding hydrogens is 681 g/mol. The van der Waals surface area contributed by atoms with Crippen molar-refractivity contribution in [3.05, 3.63) is 187 Å². The van der Waals surface area contributed by atoms with E-state index in [-0.39, 0.29) is 5.41 Å². The second kappa shape index (κ2) is 14.0. The molecule has 4 heteroatoms. The average molecular weight is 719 g/mol. The van der Waals surface area contributed by atoms with Crippen molar-refractivity contribution >= 4 is 0 Å². The lowest BCUT2D eigenvalue weighted by Gasteiger charge is -2.36. The first-order valence-corrected chi connectivity index (χ1v) is 19.5. The van der Waals surface area contributed by atoms with Crippen LogP contribution in [-0.2, 0) is 5.41 Å². The zero-order valence-electron chi connectivity index (χ0n) is 31.0. The summed E-state index contributed by atoms with van der Waals surface area (Å²) < 4.78 is 0. The van der Waals surface area contributed by atoms with Crippen molar-refractivity contribution in [3.63, 3.8) is 0 Å². The molecule has 2 aliphatic rings. The maximum absolute atomic E-state index is 9.85. The van der Waals surface area contributed by atoms with Gasteiger partial charge in [-0.1, -0.05) is 171 Å². The van der Waals surface area contributed by atoms with Gasteiger partial charge >= 0.3 is 0 Å². The molecule has 266 valence electrons. The Bertz CT molecular complexity index is 2760. The fourth-order valence-electron chi connectivity index (χ4n) is 9.03. The van der Waals surface area contributed by atoms with E-state index < -0.39 is 0 Å². The third-order valence-electron chi connectivity index (χ3n) is 11.8. The van der Waals surface area contributed by atoms with Crippen molar-refractivity contribution in [3.8, 4) is 84.7 Å². The lowest BCUT2D eigenvalue weighted by molar-refractivity contribution is 0.353. The summed E-state index contributed by atoms with van der Waals surface area (Å²) in [4.78, 5) is 15.0. The number of hydrogen-bond acceptors (Lipinski definition) is 4. The molecule has 0 amide bonds. The fraction of sp³-hybridized carbons (Fsp3) is 0.115. The molecule has 8 aromatic rings. The highest BCUT2D eigenvalue weighted by Gasteiger charge is 2.44. The Labute approximate surface area is 327 Å². The molecule has 0 N–H and O–H groups in total. The zero-order valence-corrected chi connectivity index (χ0v) is 31.0. The lowest BCUT2D eigenvalue weighted by Crippen LogP contribution is -2.28. The van der Waals surface area contributed by atoms with Crippen molar-refractivity contribution in [1.29, 1.82) is 5.26 Å². The molecule has 0 aliphatic heterocycles. The minimum Gasteiger partial charge on any atom is -0.208 e. The van der Waals surface area contributed by atoms with Crippen molar-refractivity contribution in [2.24, 2.45) is 0 Å². The van der Waals surface area contributed by atoms with Crippen LogP contribution in [0.5, 0.6) is 0 Å². The number of aromatic nitrogens is 3. The average Bonchev–Trinajstić information content (AvgIpc) is 3.55. The van der Waals surface area contributed by atoms with Crippen LogP contribution < -0.4 is 0 Å². The standard InChI is InChI=1S/C52H38N4/c53-34-35-20-29-46-45(32-35)48-44(18-11-19-47(48)52(46)30-8-3-9-31-52)39-25-21-38(22-26-39)42-16-10-17-43(33-42)51-55-49(40-14-6-2-7-15-40)54-50(56-51)41-27-23-37(24-28-41)36-12-4-1-5-13-36/h1-2,4-7,10-29,32-33H,3,8-9,30-31H2. The number of hydrogen-bond donors (Lipinski definition) is 0. The first-order chi connectivity index (χ1) is 27.7. The van der Waals surface area contributed by atoms with Crippen LogP contribution in [0.15, 0.2) is 170 Å². The molecule has 7 aromatic carbocycles. The molecule has 0 saturated heterocycles. The van der Waals surface area contributed by atoms with E-state index in [4.69, 9.17) is 15.0 Å². The van der Waals surface area contributed by atoms with E-state index in [1.807, 2.05) is 42.5 Å². The predicted molar refractivity (Wildman–Crippen MR) is 226 cm³/mol. The van der Waals surface area contributed by atoms with Gasteiger partial charge < -0.3 is 0 Å². The molecule has 1 aromatic heterocycles. The first-order valence-electron chi connectivity index (χ1n) is 19.5. The maximum Gasteiger partial charge on any atom is 0.164 e. The van der Waals surface area contributed by atoms with E-state index in [9.17, 15) is 5.26 Å². The largest absolute Gasteiger partial charge is 0.208 e. The number of rotatable bonds is 6. The highest BCUT2D eigenvalue weighted by atomic mass is 15.0. The summed E-state index contributed by atoms with van der Waals surface area (Å²) in [5, 5.41) is 9.85. The third-order valence-corrected chi connectivity index (χ3v) is 11.8. The summed E-state index contributed by atoms with van der Waals surface area (Å²) in [5.41, 5.74) is 15.8. The van der Waals surface area contributed by atoms with E-state index >= 15 is 0 Å². The Morgan fingerprint density at radius 1 is 0.393 bits per heavy atom. The number of nitriles is 1. The van der Waals surface area contributed by atoms with E-state index in [2.05, 4.69) is 133 Å². The van der Waals surface area contributed by atoms with Gasteiger partial charge in [-0.15, -0.1) is 0 Å². The fourth-order valence-corrected chi connectivity index (χ4v) is 9.03. The van der Waals surface area contributed by atoms with Gasteiger partial charge in [0.15, 0.2) is 17.5 Å². The molecule has 1 saturated carbocycles. The molecule has 1 heterocycles. The molecule has 4 nitrogen and oxygen atoms in total. The zero-order chi connectivity index (χ0) is 37.5. The summed E-state index contributed by atoms with van der Waals surface area (Å²) in [6.07, 6.45) is 6.08. The van der Waals surface area contributed by atoms with Gasteiger partial charge in [0.25, 0.3) is 0 Å². The quantitative estimate of drug-likeness (QED) is 0.172. The molecule has 2 aliphatic carbocycles. The predicted octanol–water partition coefficient (Wildman–Crippen LogP) is 13.0. The van der Waals surface area contributed by atoms with Crippen LogP contribution in [0.4, 0.5) is 0 Å². The molecule has 1 fully saturated rings. The topological polar surface area (TPSA) is 62.5 Å². The Hall–Kier alpha value is -6.96. The van der Waals surface area contributed by atoms with Crippen LogP contribution in [-0.4, -0.2) is 15.0 Å². The monoisotopic (exact) mass is 718 g/mol. The molecular formula is C52H38N4. The van der Waals surface area contributed by atoms with E-state index in [1.54, 1.807) is 0 Å². The minimum absolute atomic E-state index is 0.0359. The van der Waals surface area contributed by atoms with E-state index in [0.29, 0.717) is 17.5 Å². The molecule has 0 atom stereocenters. The van der Waals surface area contributed by atoms with Crippen LogP contribution >= 0.6 is 0 Å². The van der Waals surface area contributed by atoms with Crippen molar-refractivity contribution in [1.82, 2.24) is 15.0 Å². The van der Waals surface area contributed by atoms with Crippen molar-refractivity contribution < 1.29 is 0 Å². The van der Waals surface area contributed by atoms with Gasteiger partial charge in [-0.3, -0.25) is 0 Å². The van der Waals surface area contributed by atoms with Crippen molar-refractivity contribution in [2.75, 3.05) is 0 Å². The Balaban J connectivity index is 1.01. The van der Waals surface area contributed by atoms with Gasteiger partial charge in [-0.2, -0.15) is 5.26 Å². The van der Waals surface area contributed by atoms with E-state index in [0.717, 1.165) is 51.8 Å². The SMILES string of the molecule is N#Cc1ccc2c(c1)-c1c(-c3ccc(-c4cccc(-c5nc(-c6ccccc6)nc(-c6ccc(-c7ccccc7)cc6)n5)c4)cc3)cccc1C21CCCCC1. The summed E-state index contributed by atoms with van der Waals surface area (Å²) in [6, 6.07) is 61.9. The second-order valence-corrected chi connectivity index (χ2v) is 15.0. The number of fused-ring (bicyclic) bond motifs is 5. The molecule has 10 rings (SSSR count). The Kier molecular flexibility index (Phi) is 8.42. The smallest absolute Gasteiger partial charge is 0.164 e. The summed E-state index contributed by atoms with van der Waals surface area (Å²) >= 11 is 0. The third kappa shape index (κ3) is 5.90. The van der Waals surface area contributed by atoms with Crippen LogP contribution in [0, 0.1) is 11.3 Å². The maximum atomic E-state index is 9.85. The molecule has 56 heavy (non-hydrogen) atoms. The van der Waals surface area contributed by atoms with Gasteiger partial charge in [0, 0.05) is 22.1 Å². The van der Waals surface area contributed by atoms with Crippen LogP contribution in [0.25, 0.3) is 78.7 Å². The summed E-state index contributed by atoms with van der Waals surface area (Å²) in [5.74, 6) is 1.91. The van der Waals surface area contributed by atoms with Gasteiger partial charge in [0.2, 0.25) is 0 Å². The van der Waals surface area contributed by atoms with Gasteiger partial charge in [-0.25, -0.2) is 15.0 Å². The van der Waals surface area contributed by atoms with Crippen molar-refractivity contribution in [2.45, 2.75) is 37.5 Å². The first kappa shape index (κ1) is 33.6. The minimum atomic E-state index is 0.0359. The highest BCUT2D eigenvalue weighted by molar-refractivity contribution is 5.93. The van der Waals surface area contributed by atoms with Gasteiger partial charge in [0.05, 0.1) is 11.6 Å². The Morgan fingerprint density at radius 3 is 1.59 bits per heavy atom. The second-order valence-electron chi connectivity index (χ2n) is 15.0. The normalized spacial score (nSPS) is 13.8. The summed E-state index contributed by atoms with van der Waals surface area (Å²) in [7, 11) is 0. The highest BCUT2D eigenvalue weighted by Crippen LogP contribution is 2.58. The molecule has 0 bridgehead atoms. The van der Waals surface area contributed by atoms with Crippen LogP contribution in [0.3, 0.4) is 0 Å². The molecule has 0 unspecified atom stereocenters. The molecule has 1 spiro atoms. The number of benzene rings is 7. The molecule has 0 radical (unpaired) electrons. The van der Waals surface area contributed by atoms with Gasteiger partial charge in [0.1, 0.15) is 0 Å².